The van der Waals surface area contributed by atoms with Crippen LogP contribution in [0.2, 0.25) is 0 Å². The Morgan fingerprint density at radius 2 is 2.05 bits per heavy atom. The molecule has 106 valence electrons. The van der Waals surface area contributed by atoms with E-state index in [2.05, 4.69) is 36.3 Å². The minimum atomic E-state index is -0.125. The van der Waals surface area contributed by atoms with Gasteiger partial charge in [-0.25, -0.2) is 0 Å². The Balaban J connectivity index is 2.97. The number of nitrogens with zero attached hydrogens (tertiary/aromatic N) is 2. The zero-order chi connectivity index (χ0) is 14.6. The zero-order valence-corrected chi connectivity index (χ0v) is 12.4. The smallest absolute Gasteiger partial charge is 0.253 e. The van der Waals surface area contributed by atoms with Crippen LogP contribution < -0.4 is 11.1 Å². The van der Waals surface area contributed by atoms with Gasteiger partial charge in [0.1, 0.15) is 0 Å². The van der Waals surface area contributed by atoms with Gasteiger partial charge in [0.05, 0.1) is 17.0 Å². The number of rotatable bonds is 4. The highest BCUT2D eigenvalue weighted by molar-refractivity contribution is 5.95. The van der Waals surface area contributed by atoms with Crippen LogP contribution in [0.25, 0.3) is 0 Å². The predicted molar refractivity (Wildman–Crippen MR) is 75.9 cm³/mol. The van der Waals surface area contributed by atoms with Crippen LogP contribution in [0.4, 0.5) is 0 Å². The molecule has 0 radical (unpaired) electrons. The van der Waals surface area contributed by atoms with Crippen molar-refractivity contribution in [3.8, 4) is 0 Å². The molecule has 0 aliphatic carbocycles. The van der Waals surface area contributed by atoms with Gasteiger partial charge in [0.15, 0.2) is 0 Å². The summed E-state index contributed by atoms with van der Waals surface area (Å²) in [6, 6.07) is 1.70. The number of hydrogen-bond donors (Lipinski definition) is 2. The van der Waals surface area contributed by atoms with Crippen LogP contribution in [0.5, 0.6) is 0 Å². The highest BCUT2D eigenvalue weighted by Gasteiger charge is 2.26. The molecular formula is C14H24N4O. The van der Waals surface area contributed by atoms with E-state index in [1.165, 1.54) is 0 Å². The monoisotopic (exact) mass is 264 g/mol. The number of carbonyl (C=O) groups is 1. The van der Waals surface area contributed by atoms with Crippen LogP contribution in [0.15, 0.2) is 6.07 Å². The van der Waals surface area contributed by atoms with Crippen molar-refractivity contribution >= 4 is 5.91 Å². The van der Waals surface area contributed by atoms with Gasteiger partial charge in [-0.15, -0.1) is 0 Å². The van der Waals surface area contributed by atoms with E-state index >= 15 is 0 Å². The van der Waals surface area contributed by atoms with E-state index in [1.807, 2.05) is 13.8 Å². The fraction of sp³-hybridized carbons (Fsp3) is 0.643. The van der Waals surface area contributed by atoms with E-state index in [9.17, 15) is 4.79 Å². The Morgan fingerprint density at radius 3 is 2.53 bits per heavy atom. The number of carbonyl (C=O) groups excluding carboxylic acids is 1. The summed E-state index contributed by atoms with van der Waals surface area (Å²) in [4.78, 5) is 12.4. The molecule has 1 amide bonds. The van der Waals surface area contributed by atoms with E-state index in [0.717, 1.165) is 5.69 Å². The highest BCUT2D eigenvalue weighted by Crippen LogP contribution is 2.19. The fourth-order valence-corrected chi connectivity index (χ4v) is 1.84. The summed E-state index contributed by atoms with van der Waals surface area (Å²) >= 11 is 0. The molecule has 0 saturated heterocycles. The molecule has 1 atom stereocenters. The maximum absolute atomic E-state index is 12.4. The van der Waals surface area contributed by atoms with Crippen molar-refractivity contribution in [2.75, 3.05) is 6.54 Å². The van der Waals surface area contributed by atoms with Crippen LogP contribution in [0.3, 0.4) is 0 Å². The van der Waals surface area contributed by atoms with E-state index < -0.39 is 0 Å². The van der Waals surface area contributed by atoms with Crippen LogP contribution in [0.1, 0.15) is 49.4 Å². The Kier molecular flexibility index (Phi) is 5.00. The number of aryl methyl sites for hydroxylation is 2. The summed E-state index contributed by atoms with van der Waals surface area (Å²) in [5.41, 5.74) is 7.71. The summed E-state index contributed by atoms with van der Waals surface area (Å²) in [5, 5.41) is 11.1. The third kappa shape index (κ3) is 3.99. The second-order valence-corrected chi connectivity index (χ2v) is 5.83. The van der Waals surface area contributed by atoms with Gasteiger partial charge >= 0.3 is 0 Å². The Bertz CT molecular complexity index is 451. The van der Waals surface area contributed by atoms with Gasteiger partial charge in [0, 0.05) is 12.6 Å². The van der Waals surface area contributed by atoms with Crippen molar-refractivity contribution < 1.29 is 4.79 Å². The summed E-state index contributed by atoms with van der Waals surface area (Å²) < 4.78 is 0. The van der Waals surface area contributed by atoms with Crippen LogP contribution in [-0.2, 0) is 6.42 Å². The molecule has 1 rings (SSSR count). The lowest BCUT2D eigenvalue weighted by molar-refractivity contribution is 0.0903. The summed E-state index contributed by atoms with van der Waals surface area (Å²) in [6.07, 6.45) is 0.679. The molecule has 0 aliphatic heterocycles. The minimum absolute atomic E-state index is 0.0711. The van der Waals surface area contributed by atoms with Gasteiger partial charge in [-0.2, -0.15) is 10.2 Å². The van der Waals surface area contributed by atoms with Crippen molar-refractivity contribution in [3.05, 3.63) is 23.0 Å². The van der Waals surface area contributed by atoms with Gasteiger partial charge in [-0.05, 0) is 24.8 Å². The molecule has 0 bridgehead atoms. The third-order valence-corrected chi connectivity index (χ3v) is 3.16. The molecule has 5 nitrogen and oxygen atoms in total. The molecular weight excluding hydrogens is 240 g/mol. The number of hydrogen-bond acceptors (Lipinski definition) is 4. The maximum atomic E-state index is 12.4. The van der Waals surface area contributed by atoms with Crippen molar-refractivity contribution in [3.63, 3.8) is 0 Å². The number of nitrogens with one attached hydrogen (secondary N) is 1. The highest BCUT2D eigenvalue weighted by atomic mass is 16.1. The van der Waals surface area contributed by atoms with E-state index in [0.29, 0.717) is 24.2 Å². The van der Waals surface area contributed by atoms with Crippen molar-refractivity contribution in [2.24, 2.45) is 11.1 Å². The molecule has 19 heavy (non-hydrogen) atoms. The molecule has 0 fully saturated rings. The lowest BCUT2D eigenvalue weighted by Crippen LogP contribution is -2.48. The van der Waals surface area contributed by atoms with Crippen molar-refractivity contribution in [2.45, 2.75) is 47.1 Å². The summed E-state index contributed by atoms with van der Waals surface area (Å²) in [6.45, 7) is 10.4. The topological polar surface area (TPSA) is 80.9 Å². The average Bonchev–Trinajstić information content (AvgIpc) is 2.34. The third-order valence-electron chi connectivity index (χ3n) is 3.16. The molecule has 3 N–H and O–H groups in total. The summed E-state index contributed by atoms with van der Waals surface area (Å²) in [5.74, 6) is -0.125. The first kappa shape index (κ1) is 15.6. The zero-order valence-electron chi connectivity index (χ0n) is 12.4. The average molecular weight is 264 g/mol. The van der Waals surface area contributed by atoms with Crippen molar-refractivity contribution in [1.29, 1.82) is 0 Å². The van der Waals surface area contributed by atoms with Crippen LogP contribution in [-0.4, -0.2) is 28.7 Å². The number of aromatic nitrogens is 2. The number of nitrogens with two attached hydrogens (primary N) is 1. The second-order valence-electron chi connectivity index (χ2n) is 5.83. The molecule has 1 aromatic heterocycles. The predicted octanol–water partition coefficient (Wildman–Crippen LogP) is 1.45. The van der Waals surface area contributed by atoms with Gasteiger partial charge < -0.3 is 11.1 Å². The SMILES string of the molecule is CCc1nnc(C)cc1C(=O)NC(CN)C(C)(C)C. The summed E-state index contributed by atoms with van der Waals surface area (Å²) in [7, 11) is 0. The molecule has 0 spiro atoms. The first-order valence-electron chi connectivity index (χ1n) is 6.63. The Morgan fingerprint density at radius 1 is 1.42 bits per heavy atom. The largest absolute Gasteiger partial charge is 0.347 e. The quantitative estimate of drug-likeness (QED) is 0.862. The van der Waals surface area contributed by atoms with E-state index in [-0.39, 0.29) is 17.4 Å². The first-order chi connectivity index (χ1) is 8.79. The molecule has 0 aliphatic rings. The van der Waals surface area contributed by atoms with Gasteiger partial charge in [-0.1, -0.05) is 27.7 Å². The molecule has 1 unspecified atom stereocenters. The van der Waals surface area contributed by atoms with Crippen molar-refractivity contribution in [1.82, 2.24) is 15.5 Å². The fourth-order valence-electron chi connectivity index (χ4n) is 1.84. The van der Waals surface area contributed by atoms with Gasteiger partial charge in [-0.3, -0.25) is 4.79 Å². The molecule has 5 heteroatoms. The second kappa shape index (κ2) is 6.10. The lowest BCUT2D eigenvalue weighted by atomic mass is 9.86. The van der Waals surface area contributed by atoms with E-state index in [4.69, 9.17) is 5.73 Å². The van der Waals surface area contributed by atoms with E-state index in [1.54, 1.807) is 6.07 Å². The lowest BCUT2D eigenvalue weighted by Gasteiger charge is -2.30. The minimum Gasteiger partial charge on any atom is -0.347 e. The van der Waals surface area contributed by atoms with Crippen LogP contribution >= 0.6 is 0 Å². The molecule has 1 heterocycles. The first-order valence-corrected chi connectivity index (χ1v) is 6.63. The Hall–Kier alpha value is -1.49. The normalized spacial score (nSPS) is 13.2. The standard InChI is InChI=1S/C14H24N4O/c1-6-11-10(7-9(2)17-18-11)13(19)16-12(8-15)14(3,4)5/h7,12H,6,8,15H2,1-5H3,(H,16,19). The van der Waals surface area contributed by atoms with Gasteiger partial charge in [0.2, 0.25) is 0 Å². The molecule has 0 saturated carbocycles. The molecule has 1 aromatic rings. The van der Waals surface area contributed by atoms with Gasteiger partial charge in [0.25, 0.3) is 5.91 Å². The maximum Gasteiger partial charge on any atom is 0.253 e. The van der Waals surface area contributed by atoms with Crippen LogP contribution in [0, 0.1) is 12.3 Å². The number of amides is 1. The molecule has 0 aromatic carbocycles. The Labute approximate surface area is 115 Å².